The van der Waals surface area contributed by atoms with Crippen LogP contribution < -0.4 is 10.1 Å². The highest BCUT2D eigenvalue weighted by Gasteiger charge is 2.34. The van der Waals surface area contributed by atoms with Crippen LogP contribution in [0.3, 0.4) is 0 Å². The molecule has 3 nitrogen and oxygen atoms in total. The van der Waals surface area contributed by atoms with E-state index >= 15 is 0 Å². The van der Waals surface area contributed by atoms with E-state index in [1.54, 1.807) is 7.11 Å². The van der Waals surface area contributed by atoms with E-state index in [0.29, 0.717) is 6.04 Å². The van der Waals surface area contributed by atoms with Gasteiger partial charge in [0.25, 0.3) is 0 Å². The molecular weight excluding hydrogens is 224 g/mol. The zero-order chi connectivity index (χ0) is 12.5. The first kappa shape index (κ1) is 11.8. The molecule has 0 aromatic heterocycles. The van der Waals surface area contributed by atoms with Crippen LogP contribution in [0, 0.1) is 12.8 Å². The maximum absolute atomic E-state index is 5.47. The third-order valence-electron chi connectivity index (χ3n) is 4.33. The van der Waals surface area contributed by atoms with Gasteiger partial charge in [-0.2, -0.15) is 0 Å². The van der Waals surface area contributed by atoms with Crippen LogP contribution in [0.2, 0.25) is 0 Å². The summed E-state index contributed by atoms with van der Waals surface area (Å²) in [5.41, 5.74) is 2.39. The Morgan fingerprint density at radius 3 is 2.94 bits per heavy atom. The van der Waals surface area contributed by atoms with Crippen molar-refractivity contribution in [2.75, 3.05) is 32.1 Å². The molecule has 1 aromatic rings. The lowest BCUT2D eigenvalue weighted by Crippen LogP contribution is -2.39. The summed E-state index contributed by atoms with van der Waals surface area (Å²) in [5.74, 6) is 1.78. The van der Waals surface area contributed by atoms with Gasteiger partial charge >= 0.3 is 0 Å². The lowest BCUT2D eigenvalue weighted by molar-refractivity contribution is 0.254. The number of nitrogens with one attached hydrogen (secondary N) is 1. The van der Waals surface area contributed by atoms with E-state index in [2.05, 4.69) is 35.3 Å². The first-order valence-electron chi connectivity index (χ1n) is 6.90. The molecule has 0 amide bonds. The van der Waals surface area contributed by atoms with Crippen LogP contribution in [0.15, 0.2) is 18.2 Å². The number of fused-ring (bicyclic) bond motifs is 2. The summed E-state index contributed by atoms with van der Waals surface area (Å²) in [6.07, 6.45) is 2.59. The molecule has 2 heterocycles. The van der Waals surface area contributed by atoms with Gasteiger partial charge in [-0.1, -0.05) is 6.07 Å². The van der Waals surface area contributed by atoms with E-state index in [-0.39, 0.29) is 0 Å². The number of anilines is 1. The van der Waals surface area contributed by atoms with Crippen LogP contribution in [0.25, 0.3) is 0 Å². The van der Waals surface area contributed by atoms with Crippen molar-refractivity contribution in [2.45, 2.75) is 25.8 Å². The normalized spacial score (nSPS) is 30.2. The molecule has 0 radical (unpaired) electrons. The van der Waals surface area contributed by atoms with Crippen molar-refractivity contribution in [3.8, 4) is 5.75 Å². The van der Waals surface area contributed by atoms with Gasteiger partial charge in [0.05, 0.1) is 12.8 Å². The molecule has 2 aliphatic heterocycles. The Kier molecular flexibility index (Phi) is 3.16. The van der Waals surface area contributed by atoms with Crippen molar-refractivity contribution in [3.05, 3.63) is 23.8 Å². The number of rotatable bonds is 3. The smallest absolute Gasteiger partial charge is 0.142 e. The second-order valence-corrected chi connectivity index (χ2v) is 5.59. The zero-order valence-electron chi connectivity index (χ0n) is 11.3. The van der Waals surface area contributed by atoms with Gasteiger partial charge in [-0.3, -0.25) is 0 Å². The molecule has 0 spiro atoms. The van der Waals surface area contributed by atoms with Gasteiger partial charge in [-0.15, -0.1) is 0 Å². The van der Waals surface area contributed by atoms with E-state index in [4.69, 9.17) is 4.74 Å². The second kappa shape index (κ2) is 4.81. The Hall–Kier alpha value is -1.22. The highest BCUT2D eigenvalue weighted by Crippen LogP contribution is 2.32. The average Bonchev–Trinajstić information content (AvgIpc) is 2.77. The summed E-state index contributed by atoms with van der Waals surface area (Å²) < 4.78 is 5.47. The minimum atomic E-state index is 0.611. The van der Waals surface area contributed by atoms with Crippen molar-refractivity contribution in [1.82, 2.24) is 4.90 Å². The van der Waals surface area contributed by atoms with Gasteiger partial charge in [0.2, 0.25) is 0 Å². The number of methoxy groups -OCH3 is 1. The predicted octanol–water partition coefficient (Wildman–Crippen LogP) is 2.51. The molecule has 3 rings (SSSR count). The number of hydrogen-bond donors (Lipinski definition) is 1. The summed E-state index contributed by atoms with van der Waals surface area (Å²) in [6, 6.07) is 7.01. The zero-order valence-corrected chi connectivity index (χ0v) is 11.3. The third kappa shape index (κ3) is 2.19. The number of hydrogen-bond acceptors (Lipinski definition) is 3. The summed E-state index contributed by atoms with van der Waals surface area (Å²) >= 11 is 0. The first-order chi connectivity index (χ1) is 8.76. The van der Waals surface area contributed by atoms with Crippen LogP contribution in [-0.2, 0) is 0 Å². The molecule has 2 bridgehead atoms. The number of nitrogens with zero attached hydrogens (tertiary/aromatic N) is 1. The molecule has 2 saturated heterocycles. The molecule has 1 N–H and O–H groups in total. The van der Waals surface area contributed by atoms with Gasteiger partial charge in [0.15, 0.2) is 0 Å². The third-order valence-corrected chi connectivity index (χ3v) is 4.33. The van der Waals surface area contributed by atoms with E-state index < -0.39 is 0 Å². The molecule has 1 aromatic carbocycles. The minimum absolute atomic E-state index is 0.611. The predicted molar refractivity (Wildman–Crippen MR) is 74.3 cm³/mol. The fraction of sp³-hybridized carbons (Fsp3) is 0.600. The number of piperidine rings is 1. The van der Waals surface area contributed by atoms with Crippen LogP contribution in [0.5, 0.6) is 5.75 Å². The molecule has 3 unspecified atom stereocenters. The fourth-order valence-electron chi connectivity index (χ4n) is 3.26. The fourth-order valence-corrected chi connectivity index (χ4v) is 3.26. The summed E-state index contributed by atoms with van der Waals surface area (Å²) in [5, 5.41) is 3.70. The van der Waals surface area contributed by atoms with Crippen LogP contribution >= 0.6 is 0 Å². The van der Waals surface area contributed by atoms with E-state index in [1.165, 1.54) is 38.0 Å². The molecule has 2 fully saturated rings. The highest BCUT2D eigenvalue weighted by atomic mass is 16.5. The van der Waals surface area contributed by atoms with E-state index in [0.717, 1.165) is 17.4 Å². The van der Waals surface area contributed by atoms with Gasteiger partial charge in [-0.25, -0.2) is 0 Å². The monoisotopic (exact) mass is 246 g/mol. The molecule has 3 heteroatoms. The van der Waals surface area contributed by atoms with Gasteiger partial charge in [0.1, 0.15) is 5.75 Å². The van der Waals surface area contributed by atoms with Gasteiger partial charge in [0, 0.05) is 19.1 Å². The molecule has 0 aliphatic carbocycles. The Bertz CT molecular complexity index is 433. The van der Waals surface area contributed by atoms with Crippen molar-refractivity contribution in [1.29, 1.82) is 0 Å². The highest BCUT2D eigenvalue weighted by molar-refractivity contribution is 5.58. The van der Waals surface area contributed by atoms with Crippen molar-refractivity contribution >= 4 is 5.69 Å². The van der Waals surface area contributed by atoms with Crippen LogP contribution in [0.1, 0.15) is 18.4 Å². The standard InChI is InChI=1S/C15H22N2O/c1-11-3-4-14(15(9-11)18-2)16-13-6-8-17-7-5-12(13)10-17/h3-4,9,12-13,16H,5-8,10H2,1-2H3. The maximum atomic E-state index is 5.47. The summed E-state index contributed by atoms with van der Waals surface area (Å²) in [4.78, 5) is 2.58. The average molecular weight is 246 g/mol. The van der Waals surface area contributed by atoms with Crippen LogP contribution in [0.4, 0.5) is 5.69 Å². The molecule has 2 aliphatic rings. The van der Waals surface area contributed by atoms with Crippen molar-refractivity contribution < 1.29 is 4.74 Å². The number of aryl methyl sites for hydroxylation is 1. The van der Waals surface area contributed by atoms with Crippen molar-refractivity contribution in [2.24, 2.45) is 5.92 Å². The van der Waals surface area contributed by atoms with Gasteiger partial charge < -0.3 is 15.0 Å². The Morgan fingerprint density at radius 2 is 2.11 bits per heavy atom. The topological polar surface area (TPSA) is 24.5 Å². The minimum Gasteiger partial charge on any atom is -0.495 e. The summed E-state index contributed by atoms with van der Waals surface area (Å²) in [6.45, 7) is 5.89. The van der Waals surface area contributed by atoms with E-state index in [1.807, 2.05) is 0 Å². The molecular formula is C15H22N2O. The lowest BCUT2D eigenvalue weighted by atomic mass is 9.94. The SMILES string of the molecule is COc1cc(C)ccc1NC1CCN2CCC1C2. The van der Waals surface area contributed by atoms with Crippen molar-refractivity contribution in [3.63, 3.8) is 0 Å². The largest absolute Gasteiger partial charge is 0.495 e. The summed E-state index contributed by atoms with van der Waals surface area (Å²) in [7, 11) is 1.75. The van der Waals surface area contributed by atoms with Gasteiger partial charge in [-0.05, 0) is 49.9 Å². The van der Waals surface area contributed by atoms with Crippen LogP contribution in [-0.4, -0.2) is 37.7 Å². The Morgan fingerprint density at radius 1 is 1.28 bits per heavy atom. The number of ether oxygens (including phenoxy) is 1. The molecule has 0 saturated carbocycles. The molecule has 98 valence electrons. The molecule has 18 heavy (non-hydrogen) atoms. The Labute approximate surface area is 109 Å². The number of benzene rings is 1. The maximum Gasteiger partial charge on any atom is 0.142 e. The Balaban J connectivity index is 1.75. The van der Waals surface area contributed by atoms with E-state index in [9.17, 15) is 0 Å². The molecule has 3 atom stereocenters. The lowest BCUT2D eigenvalue weighted by Gasteiger charge is -2.32. The first-order valence-corrected chi connectivity index (χ1v) is 6.90. The quantitative estimate of drug-likeness (QED) is 0.887. The second-order valence-electron chi connectivity index (χ2n) is 5.59.